The largest absolute Gasteiger partial charge is 0.481 e. The zero-order valence-electron chi connectivity index (χ0n) is 54.7. The fourth-order valence-electron chi connectivity index (χ4n) is 9.81. The molecule has 87 heavy (non-hydrogen) atoms. The molecule has 0 aliphatic carbocycles. The van der Waals surface area contributed by atoms with Crippen molar-refractivity contribution >= 4 is 82.2 Å². The van der Waals surface area contributed by atoms with Gasteiger partial charge in [-0.25, -0.2) is 19.7 Å². The highest BCUT2D eigenvalue weighted by Crippen LogP contribution is 2.38. The van der Waals surface area contributed by atoms with Crippen molar-refractivity contribution in [1.82, 2.24) is 16.0 Å². The van der Waals surface area contributed by atoms with Gasteiger partial charge in [-0.1, -0.05) is 82.0 Å². The lowest BCUT2D eigenvalue weighted by Gasteiger charge is -2.32. The topological polar surface area (TPSA) is 301 Å². The number of quaternary nitrogens is 3. The van der Waals surface area contributed by atoms with Crippen LogP contribution in [0.15, 0.2) is 30.3 Å². The van der Waals surface area contributed by atoms with Gasteiger partial charge in [0.1, 0.15) is 4.75 Å². The third kappa shape index (κ3) is 41.5. The van der Waals surface area contributed by atoms with Crippen LogP contribution in [0, 0.1) is 30.5 Å². The molecule has 498 valence electrons. The van der Waals surface area contributed by atoms with Crippen LogP contribution in [0.1, 0.15) is 145 Å². The number of carboxylic acid groups (broad SMARTS) is 1. The van der Waals surface area contributed by atoms with E-state index < -0.39 is 68.5 Å². The number of carboxylic acids is 1. The number of aliphatic carboxylic acids is 1. The van der Waals surface area contributed by atoms with Crippen LogP contribution in [0.4, 0.5) is 0 Å². The summed E-state index contributed by atoms with van der Waals surface area (Å²) < 4.78 is 92.8. The molecule has 0 bridgehead atoms. The van der Waals surface area contributed by atoms with Crippen LogP contribution in [-0.4, -0.2) is 225 Å². The third-order valence-corrected chi connectivity index (χ3v) is 18.5. The van der Waals surface area contributed by atoms with E-state index in [1.807, 2.05) is 121 Å². The summed E-state index contributed by atoms with van der Waals surface area (Å²) in [6, 6.07) is 9.54. The van der Waals surface area contributed by atoms with Crippen molar-refractivity contribution in [2.45, 2.75) is 161 Å². The van der Waals surface area contributed by atoms with Gasteiger partial charge in [0, 0.05) is 118 Å². The van der Waals surface area contributed by atoms with Crippen LogP contribution in [0.25, 0.3) is 14.5 Å². The summed E-state index contributed by atoms with van der Waals surface area (Å²) in [5, 5.41) is 17.7. The summed E-state index contributed by atoms with van der Waals surface area (Å²) >= 11 is 6.93. The first-order valence-electron chi connectivity index (χ1n) is 29.0. The van der Waals surface area contributed by atoms with E-state index in [9.17, 15) is 44.4 Å². The zero-order valence-corrected chi connectivity index (χ0v) is 58.8. The number of amides is 3. The van der Waals surface area contributed by atoms with Crippen molar-refractivity contribution < 1.29 is 76.6 Å². The number of rotatable bonds is 38. The minimum Gasteiger partial charge on any atom is -0.481 e. The second-order valence-electron chi connectivity index (χ2n) is 27.5. The average molecular weight is 1330 g/mol. The molecular weight excluding hydrogens is 1220 g/mol. The molecule has 0 aromatic heterocycles. The summed E-state index contributed by atoms with van der Waals surface area (Å²) in [5.74, 6) is -2.09. The summed E-state index contributed by atoms with van der Waals surface area (Å²) in [4.78, 5) is 59.8. The maximum Gasteiger partial charge on any atom is 0.303 e. The van der Waals surface area contributed by atoms with Crippen molar-refractivity contribution in [2.24, 2.45) is 10.8 Å². The van der Waals surface area contributed by atoms with E-state index in [2.05, 4.69) is 30.5 Å². The Balaban J connectivity index is 0. The Morgan fingerprint density at radius 2 is 0.839 bits per heavy atom. The molecule has 0 spiro atoms. The maximum absolute atomic E-state index is 13.2. The van der Waals surface area contributed by atoms with Crippen molar-refractivity contribution in [3.8, 4) is 0 Å². The molecule has 0 aliphatic rings. The number of thiocarbonyl (C=S) groups is 1. The van der Waals surface area contributed by atoms with Gasteiger partial charge in [0.15, 0.2) is 0 Å². The Labute approximate surface area is 532 Å². The van der Waals surface area contributed by atoms with E-state index in [-0.39, 0.29) is 54.2 Å². The molecule has 3 amide bonds. The monoisotopic (exact) mass is 1320 g/mol. The smallest absolute Gasteiger partial charge is 0.303 e. The molecule has 2 atom stereocenters. The van der Waals surface area contributed by atoms with E-state index in [1.165, 1.54) is 11.8 Å². The number of benzene rings is 1. The lowest BCUT2D eigenvalue weighted by Crippen LogP contribution is -2.48. The standard InChI is InChI=1S/C23H35N3O4S3.C19H35N3O6S.C17H33N3O4S/c1-22(2,24-4)18-23(3,32-20(31)19-12-8-7-9-13-19)21(27)25-14-10-15-26(5,6)16-11-17-33(28,29)30;1-18(2,15-19(3,20-4)10-9-16(23)24)17(25)21-11-7-12-22(5,6)13-8-14-29(26,27)28;1-16(2,14-17(3,4)18-5)15(21)19-10-8-11-20(6,7)12-9-13-25(22,23)24/h7-9,12-13H,10-11,14-18H2,1-3,5-6H3,(H-,25,27,28,29,30);7-15H2,1-3,5-6H3,(H2-,21,23,24,25,26,27,28);8-14H2,1-4,6-7H3,(H-,19,21,22,23,24)/p+3. The summed E-state index contributed by atoms with van der Waals surface area (Å²) in [6.07, 6.45) is 4.49. The van der Waals surface area contributed by atoms with E-state index >= 15 is 0 Å². The summed E-state index contributed by atoms with van der Waals surface area (Å²) in [7, 11) is 0.0819. The lowest BCUT2D eigenvalue weighted by molar-refractivity contribution is -0.890. The average Bonchev–Trinajstić information content (AvgIpc) is 1.73. The molecule has 23 nitrogen and oxygen atoms in total. The van der Waals surface area contributed by atoms with Gasteiger partial charge in [-0.05, 0) is 12.5 Å². The minimum absolute atomic E-state index is 0.0547. The molecule has 0 aliphatic heterocycles. The Morgan fingerprint density at radius 1 is 0.517 bits per heavy atom. The molecule has 1 rings (SSSR count). The van der Waals surface area contributed by atoms with Crippen LogP contribution in [0.2, 0.25) is 0 Å². The second kappa shape index (κ2) is 36.5. The number of carbonyl (C=O) groups excluding carboxylic acids is 3. The lowest BCUT2D eigenvalue weighted by atomic mass is 9.77. The van der Waals surface area contributed by atoms with Gasteiger partial charge in [-0.2, -0.15) is 25.3 Å². The van der Waals surface area contributed by atoms with E-state index in [1.54, 1.807) is 20.8 Å². The van der Waals surface area contributed by atoms with Gasteiger partial charge in [-0.15, -0.1) is 0 Å². The van der Waals surface area contributed by atoms with E-state index in [0.717, 1.165) is 31.6 Å². The molecule has 2 unspecified atom stereocenters. The van der Waals surface area contributed by atoms with Gasteiger partial charge in [0.2, 0.25) is 34.3 Å². The number of carbonyl (C=O) groups is 4. The number of hydrogen-bond donors (Lipinski definition) is 7. The van der Waals surface area contributed by atoms with Gasteiger partial charge < -0.3 is 49.0 Å². The van der Waals surface area contributed by atoms with Crippen molar-refractivity contribution in [2.75, 3.05) is 118 Å². The molecule has 0 saturated heterocycles. The molecule has 0 fully saturated rings. The van der Waals surface area contributed by atoms with Crippen molar-refractivity contribution in [3.63, 3.8) is 0 Å². The SMILES string of the molecule is [C-]#[N+]C(C)(C)CC(C)(C)C(=O)NCCC[N+](C)(C)CCCS(=O)(=O)O.[C-]#[N+]C(C)(C)CC(C)(SC(=S)c1ccccc1)C(=O)NCCC[N+](C)(C)CCCS(=O)(=O)O.[C-]#[N+]C(C)(CCC(=O)O)CC(C)(C)C(=O)NCCC[N+](C)(C)CCCS(=O)(=O)O. The molecule has 1 aromatic rings. The molecule has 0 heterocycles. The fraction of sp³-hybridized carbons (Fsp3) is 0.763. The predicted molar refractivity (Wildman–Crippen MR) is 350 cm³/mol. The Hall–Kier alpha value is -4.38. The number of thioether (sulfide) groups is 1. The highest BCUT2D eigenvalue weighted by Gasteiger charge is 2.45. The number of hydrogen-bond acceptors (Lipinski definition) is 12. The summed E-state index contributed by atoms with van der Waals surface area (Å²) in [5.41, 5.74) is -2.72. The minimum atomic E-state index is -3.95. The van der Waals surface area contributed by atoms with E-state index in [0.29, 0.717) is 102 Å². The second-order valence-corrected chi connectivity index (χ2v) is 34.4. The number of nitrogens with one attached hydrogen (secondary N) is 3. The van der Waals surface area contributed by atoms with Crippen LogP contribution < -0.4 is 16.0 Å². The van der Waals surface area contributed by atoms with E-state index in [4.69, 9.17) is 50.7 Å². The molecular formula is C59H106N9O14S5+3. The molecule has 0 radical (unpaired) electrons. The molecule has 0 saturated carbocycles. The molecule has 1 aromatic carbocycles. The quantitative estimate of drug-likeness (QED) is 0.0110. The van der Waals surface area contributed by atoms with Gasteiger partial charge in [0.25, 0.3) is 30.4 Å². The van der Waals surface area contributed by atoms with Crippen LogP contribution in [0.5, 0.6) is 0 Å². The maximum atomic E-state index is 13.2. The first kappa shape index (κ1) is 84.7. The van der Waals surface area contributed by atoms with Gasteiger partial charge in [-0.3, -0.25) is 32.8 Å². The van der Waals surface area contributed by atoms with Crippen LogP contribution in [-0.2, 0) is 49.5 Å². The van der Waals surface area contributed by atoms with Gasteiger partial charge >= 0.3 is 5.97 Å². The predicted octanol–water partition coefficient (Wildman–Crippen LogP) is 7.57. The van der Waals surface area contributed by atoms with Crippen LogP contribution >= 0.6 is 24.0 Å². The number of nitrogens with zero attached hydrogens (tertiary/aromatic N) is 6. The fourth-order valence-corrected chi connectivity index (χ4v) is 13.2. The Kier molecular flexibility index (Phi) is 35.5. The van der Waals surface area contributed by atoms with Gasteiger partial charge in [0.05, 0.1) is 120 Å². The van der Waals surface area contributed by atoms with Crippen LogP contribution in [0.3, 0.4) is 0 Å². The Bertz CT molecular complexity index is 2860. The first-order chi connectivity index (χ1) is 39.2. The summed E-state index contributed by atoms with van der Waals surface area (Å²) in [6.45, 7) is 45.7. The zero-order chi connectivity index (χ0) is 68.2. The Morgan fingerprint density at radius 3 is 1.16 bits per heavy atom. The normalized spacial score (nSPS) is 14.1. The highest BCUT2D eigenvalue weighted by molar-refractivity contribution is 8.25. The van der Waals surface area contributed by atoms with Crippen molar-refractivity contribution in [1.29, 1.82) is 0 Å². The first-order valence-corrected chi connectivity index (χ1v) is 35.1. The third-order valence-electron chi connectivity index (χ3n) is 14.4. The molecule has 7 N–H and O–H groups in total. The van der Waals surface area contributed by atoms with Crippen molar-refractivity contribution in [3.05, 3.63) is 70.1 Å². The molecule has 28 heteroatoms. The highest BCUT2D eigenvalue weighted by atomic mass is 32.2.